The first-order valence-electron chi connectivity index (χ1n) is 23.8. The number of aliphatic hydroxyl groups excluding tert-OH is 3. The smallest absolute Gasteiger partial charge is 0.220 e. The maximum Gasteiger partial charge on any atom is 0.220 e. The second kappa shape index (κ2) is 44.3. The monoisotopic (exact) mass is 760 g/mol. The largest absolute Gasteiger partial charge is 0.394 e. The van der Waals surface area contributed by atoms with Crippen LogP contribution in [0.25, 0.3) is 0 Å². The van der Waals surface area contributed by atoms with Crippen LogP contribution in [0.3, 0.4) is 0 Å². The minimum Gasteiger partial charge on any atom is -0.394 e. The van der Waals surface area contributed by atoms with Gasteiger partial charge in [0.05, 0.1) is 18.8 Å². The fourth-order valence-electron chi connectivity index (χ4n) is 7.23. The number of rotatable bonds is 43. The highest BCUT2D eigenvalue weighted by molar-refractivity contribution is 5.76. The number of aliphatic hydroxyl groups is 3. The molecule has 1 amide bonds. The Morgan fingerprint density at radius 3 is 1.13 bits per heavy atom. The Kier molecular flexibility index (Phi) is 43.1. The lowest BCUT2D eigenvalue weighted by Gasteiger charge is -2.26. The number of carbonyl (C=O) groups excluding carboxylic acids is 1. The number of unbranched alkanes of at least 4 members (excludes halogenated alkanes) is 29. The second-order valence-electron chi connectivity index (χ2n) is 16.3. The Balaban J connectivity index is 3.68. The predicted molar refractivity (Wildman–Crippen MR) is 236 cm³/mol. The van der Waals surface area contributed by atoms with Crippen molar-refractivity contribution in [2.24, 2.45) is 0 Å². The molecular formula is C49H93NO4. The SMILES string of the molecule is CCCCCCCCCCC/C=C\CCCCCCCC(=O)NC(CO)C(O)C(O)CCC/C=C/CC/C=C/CCCCCCCCCCCCCCC. The molecule has 54 heavy (non-hydrogen) atoms. The normalized spacial score (nSPS) is 13.8. The van der Waals surface area contributed by atoms with Gasteiger partial charge in [-0.3, -0.25) is 4.79 Å². The Bertz CT molecular complexity index is 840. The van der Waals surface area contributed by atoms with Crippen molar-refractivity contribution in [2.45, 2.75) is 263 Å². The van der Waals surface area contributed by atoms with Gasteiger partial charge < -0.3 is 20.6 Å². The van der Waals surface area contributed by atoms with Gasteiger partial charge in [-0.05, 0) is 77.0 Å². The molecule has 0 fully saturated rings. The van der Waals surface area contributed by atoms with Crippen molar-refractivity contribution < 1.29 is 20.1 Å². The lowest BCUT2D eigenvalue weighted by atomic mass is 10.0. The molecule has 0 rings (SSSR count). The van der Waals surface area contributed by atoms with Crippen LogP contribution in [0, 0.1) is 0 Å². The number of carbonyl (C=O) groups is 1. The van der Waals surface area contributed by atoms with Gasteiger partial charge in [0.1, 0.15) is 6.10 Å². The summed E-state index contributed by atoms with van der Waals surface area (Å²) in [6.45, 7) is 4.17. The predicted octanol–water partition coefficient (Wildman–Crippen LogP) is 13.9. The molecule has 5 heteroatoms. The lowest BCUT2D eigenvalue weighted by molar-refractivity contribution is -0.124. The molecule has 0 aliphatic heterocycles. The van der Waals surface area contributed by atoms with Gasteiger partial charge in [-0.25, -0.2) is 0 Å². The minimum absolute atomic E-state index is 0.166. The van der Waals surface area contributed by atoms with Crippen molar-refractivity contribution in [1.29, 1.82) is 0 Å². The lowest BCUT2D eigenvalue weighted by Crippen LogP contribution is -2.50. The highest BCUT2D eigenvalue weighted by Gasteiger charge is 2.26. The van der Waals surface area contributed by atoms with Gasteiger partial charge >= 0.3 is 0 Å². The summed E-state index contributed by atoms with van der Waals surface area (Å²) < 4.78 is 0. The molecule has 0 aromatic rings. The van der Waals surface area contributed by atoms with Crippen LogP contribution in [0.5, 0.6) is 0 Å². The summed E-state index contributed by atoms with van der Waals surface area (Å²) in [4.78, 5) is 12.4. The average Bonchev–Trinajstić information content (AvgIpc) is 3.18. The first kappa shape index (κ1) is 52.6. The van der Waals surface area contributed by atoms with Crippen molar-refractivity contribution in [1.82, 2.24) is 5.32 Å². The van der Waals surface area contributed by atoms with Gasteiger partial charge in [-0.2, -0.15) is 0 Å². The van der Waals surface area contributed by atoms with Gasteiger partial charge in [0.15, 0.2) is 0 Å². The van der Waals surface area contributed by atoms with E-state index in [0.29, 0.717) is 12.8 Å². The van der Waals surface area contributed by atoms with Crippen molar-refractivity contribution in [3.05, 3.63) is 36.5 Å². The summed E-state index contributed by atoms with van der Waals surface area (Å²) in [5.74, 6) is -0.166. The highest BCUT2D eigenvalue weighted by Crippen LogP contribution is 2.15. The van der Waals surface area contributed by atoms with Crippen LogP contribution in [0.4, 0.5) is 0 Å². The van der Waals surface area contributed by atoms with Gasteiger partial charge in [0.25, 0.3) is 0 Å². The Morgan fingerprint density at radius 1 is 0.444 bits per heavy atom. The number of hydrogen-bond acceptors (Lipinski definition) is 4. The van der Waals surface area contributed by atoms with E-state index in [2.05, 4.69) is 55.6 Å². The molecule has 0 aromatic heterocycles. The van der Waals surface area contributed by atoms with Crippen LogP contribution in [-0.2, 0) is 4.79 Å². The molecule has 4 N–H and O–H groups in total. The van der Waals surface area contributed by atoms with Crippen LogP contribution < -0.4 is 5.32 Å². The van der Waals surface area contributed by atoms with Crippen LogP contribution in [-0.4, -0.2) is 46.1 Å². The summed E-state index contributed by atoms with van der Waals surface area (Å²) in [7, 11) is 0. The quantitative estimate of drug-likeness (QED) is 0.0368. The summed E-state index contributed by atoms with van der Waals surface area (Å²) >= 11 is 0. The second-order valence-corrected chi connectivity index (χ2v) is 16.3. The Hall–Kier alpha value is -1.43. The molecule has 5 nitrogen and oxygen atoms in total. The van der Waals surface area contributed by atoms with Gasteiger partial charge in [-0.1, -0.05) is 198 Å². The molecule has 0 radical (unpaired) electrons. The molecule has 318 valence electrons. The molecule has 0 saturated carbocycles. The standard InChI is InChI=1S/C49H93NO4/c1-3-5-7-9-11-13-15-17-19-21-23-24-25-26-27-29-31-33-35-37-39-41-43-47(52)49(54)46(45-51)50-48(53)44-42-40-38-36-34-32-30-28-22-20-18-16-14-12-10-8-6-4-2/h27-30,35,37,46-47,49,51-52,54H,3-26,31-34,36,38-45H2,1-2H3,(H,50,53)/b29-27+,30-28-,37-35+. The van der Waals surface area contributed by atoms with Gasteiger partial charge in [-0.15, -0.1) is 0 Å². The maximum atomic E-state index is 12.4. The summed E-state index contributed by atoms with van der Waals surface area (Å²) in [6, 6.07) is -0.836. The zero-order valence-electron chi connectivity index (χ0n) is 36.1. The number of amides is 1. The van der Waals surface area contributed by atoms with E-state index in [1.807, 2.05) is 0 Å². The molecule has 3 atom stereocenters. The fraction of sp³-hybridized carbons (Fsp3) is 0.857. The molecule has 0 aliphatic carbocycles. The molecular weight excluding hydrogens is 667 g/mol. The van der Waals surface area contributed by atoms with Crippen molar-refractivity contribution in [3.8, 4) is 0 Å². The van der Waals surface area contributed by atoms with E-state index in [1.54, 1.807) is 0 Å². The Labute approximate surface area is 336 Å². The Morgan fingerprint density at radius 2 is 0.759 bits per heavy atom. The summed E-state index contributed by atoms with van der Waals surface area (Å²) in [6.07, 6.45) is 55.5. The molecule has 0 spiro atoms. The maximum absolute atomic E-state index is 12.4. The third kappa shape index (κ3) is 38.8. The van der Waals surface area contributed by atoms with E-state index in [9.17, 15) is 20.1 Å². The molecule has 0 bridgehead atoms. The zero-order valence-corrected chi connectivity index (χ0v) is 36.1. The third-order valence-electron chi connectivity index (χ3n) is 10.9. The number of nitrogens with one attached hydrogen (secondary N) is 1. The van der Waals surface area contributed by atoms with E-state index >= 15 is 0 Å². The first-order chi connectivity index (χ1) is 26.6. The first-order valence-corrected chi connectivity index (χ1v) is 23.8. The topological polar surface area (TPSA) is 89.8 Å². The molecule has 0 saturated heterocycles. The van der Waals surface area contributed by atoms with Crippen LogP contribution in [0.2, 0.25) is 0 Å². The van der Waals surface area contributed by atoms with Crippen LogP contribution in [0.15, 0.2) is 36.5 Å². The van der Waals surface area contributed by atoms with E-state index in [-0.39, 0.29) is 12.5 Å². The number of allylic oxidation sites excluding steroid dienone is 6. The van der Waals surface area contributed by atoms with Crippen LogP contribution in [0.1, 0.15) is 245 Å². The third-order valence-corrected chi connectivity index (χ3v) is 10.9. The van der Waals surface area contributed by atoms with Crippen LogP contribution >= 0.6 is 0 Å². The minimum atomic E-state index is -1.17. The van der Waals surface area contributed by atoms with Gasteiger partial charge in [0, 0.05) is 6.42 Å². The van der Waals surface area contributed by atoms with Crippen molar-refractivity contribution >= 4 is 5.91 Å². The molecule has 0 aliphatic rings. The average molecular weight is 760 g/mol. The van der Waals surface area contributed by atoms with Crippen molar-refractivity contribution in [2.75, 3.05) is 6.61 Å². The van der Waals surface area contributed by atoms with E-state index in [0.717, 1.165) is 51.4 Å². The molecule has 0 heterocycles. The number of hydrogen-bond donors (Lipinski definition) is 4. The van der Waals surface area contributed by atoms with E-state index < -0.39 is 18.2 Å². The fourth-order valence-corrected chi connectivity index (χ4v) is 7.23. The van der Waals surface area contributed by atoms with E-state index in [1.165, 1.54) is 167 Å². The van der Waals surface area contributed by atoms with Gasteiger partial charge in [0.2, 0.25) is 5.91 Å². The van der Waals surface area contributed by atoms with E-state index in [4.69, 9.17) is 0 Å². The van der Waals surface area contributed by atoms with Crippen molar-refractivity contribution in [3.63, 3.8) is 0 Å². The summed E-state index contributed by atoms with van der Waals surface area (Å²) in [5, 5.41) is 33.6. The molecule has 3 unspecified atom stereocenters. The molecule has 0 aromatic carbocycles. The highest BCUT2D eigenvalue weighted by atomic mass is 16.3. The zero-order chi connectivity index (χ0) is 39.4. The summed E-state index contributed by atoms with van der Waals surface area (Å²) in [5.41, 5.74) is 0.